The molecule has 0 bridgehead atoms. The number of imide groups is 1. The van der Waals surface area contributed by atoms with E-state index in [4.69, 9.17) is 9.72 Å². The smallest absolute Gasteiger partial charge is 0.413 e. The summed E-state index contributed by atoms with van der Waals surface area (Å²) in [5, 5.41) is 13.5. The number of aromatic nitrogens is 1. The molecule has 10 heteroatoms. The Labute approximate surface area is 206 Å². The fourth-order valence-corrected chi connectivity index (χ4v) is 4.12. The number of carbonyl (C=O) groups excluding carboxylic acids is 3. The lowest BCUT2D eigenvalue weighted by Gasteiger charge is -2.22. The monoisotopic (exact) mass is 489 g/mol. The van der Waals surface area contributed by atoms with Gasteiger partial charge in [0.25, 0.3) is 11.6 Å². The maximum absolute atomic E-state index is 13.2. The van der Waals surface area contributed by atoms with E-state index in [0.29, 0.717) is 40.6 Å². The van der Waals surface area contributed by atoms with Crippen LogP contribution in [0.25, 0.3) is 22.6 Å². The number of allylic oxidation sites excluding steroid dienone is 1. The number of benzene rings is 2. The van der Waals surface area contributed by atoms with Gasteiger partial charge in [0.2, 0.25) is 0 Å². The van der Waals surface area contributed by atoms with Crippen LogP contribution in [0.4, 0.5) is 10.5 Å². The second-order valence-electron chi connectivity index (χ2n) is 8.05. The summed E-state index contributed by atoms with van der Waals surface area (Å²) >= 11 is 0. The van der Waals surface area contributed by atoms with Crippen molar-refractivity contribution >= 4 is 46.2 Å². The van der Waals surface area contributed by atoms with Crippen LogP contribution >= 0.6 is 0 Å². The second-order valence-corrected chi connectivity index (χ2v) is 8.05. The number of fused-ring (bicyclic) bond motifs is 2. The third-order valence-electron chi connectivity index (χ3n) is 5.67. The minimum absolute atomic E-state index is 0.00217. The lowest BCUT2D eigenvalue weighted by molar-refractivity contribution is -0.384. The van der Waals surface area contributed by atoms with Crippen LogP contribution in [0.5, 0.6) is 0 Å². The van der Waals surface area contributed by atoms with Gasteiger partial charge in [-0.2, -0.15) is 0 Å². The predicted molar refractivity (Wildman–Crippen MR) is 131 cm³/mol. The first-order valence-electron chi connectivity index (χ1n) is 11.4. The van der Waals surface area contributed by atoms with Crippen molar-refractivity contribution in [3.8, 4) is 0 Å². The zero-order valence-corrected chi connectivity index (χ0v) is 19.5. The van der Waals surface area contributed by atoms with E-state index in [2.05, 4.69) is 4.74 Å². The number of hydrogen-bond acceptors (Lipinski definition) is 8. The van der Waals surface area contributed by atoms with Crippen molar-refractivity contribution in [1.29, 1.82) is 0 Å². The average molecular weight is 489 g/mol. The molecule has 1 heterocycles. The van der Waals surface area contributed by atoms with E-state index in [9.17, 15) is 24.5 Å². The number of hydrogen-bond donors (Lipinski definition) is 1. The molecule has 0 unspecified atom stereocenters. The molecule has 36 heavy (non-hydrogen) atoms. The van der Waals surface area contributed by atoms with E-state index < -0.39 is 29.5 Å². The summed E-state index contributed by atoms with van der Waals surface area (Å²) in [7, 11) is 0. The molecule has 1 N–H and O–H groups in total. The number of nitro groups is 1. The Balaban J connectivity index is 1.68. The topological polar surface area (TPSA) is 138 Å². The number of amides is 2. The van der Waals surface area contributed by atoms with Crippen LogP contribution < -0.4 is 5.32 Å². The van der Waals surface area contributed by atoms with Gasteiger partial charge in [-0.15, -0.1) is 0 Å². The largest absolute Gasteiger partial charge is 0.452 e. The van der Waals surface area contributed by atoms with Crippen LogP contribution in [-0.2, 0) is 20.7 Å². The number of carbonyl (C=O) groups is 3. The fourth-order valence-electron chi connectivity index (χ4n) is 4.12. The zero-order chi connectivity index (χ0) is 25.7. The van der Waals surface area contributed by atoms with Crippen molar-refractivity contribution in [3.63, 3.8) is 0 Å². The minimum atomic E-state index is -0.911. The van der Waals surface area contributed by atoms with E-state index in [-0.39, 0.29) is 12.3 Å². The number of nitrogens with zero attached hydrogens (tertiary/aromatic N) is 2. The van der Waals surface area contributed by atoms with Crippen LogP contribution in [0.3, 0.4) is 0 Å². The van der Waals surface area contributed by atoms with Gasteiger partial charge < -0.3 is 9.47 Å². The predicted octanol–water partition coefficient (Wildman–Crippen LogP) is 4.45. The van der Waals surface area contributed by atoms with Gasteiger partial charge >= 0.3 is 12.1 Å². The van der Waals surface area contributed by atoms with Crippen molar-refractivity contribution < 1.29 is 28.8 Å². The van der Waals surface area contributed by atoms with E-state index >= 15 is 0 Å². The van der Waals surface area contributed by atoms with E-state index in [1.165, 1.54) is 12.1 Å². The molecule has 0 fully saturated rings. The molecule has 2 aromatic carbocycles. The highest BCUT2D eigenvalue weighted by Gasteiger charge is 2.26. The molecule has 2 amide bonds. The molecule has 0 radical (unpaired) electrons. The molecule has 0 atom stereocenters. The average Bonchev–Trinajstić information content (AvgIpc) is 2.86. The van der Waals surface area contributed by atoms with Gasteiger partial charge in [-0.1, -0.05) is 18.2 Å². The van der Waals surface area contributed by atoms with E-state index in [1.807, 2.05) is 17.5 Å². The highest BCUT2D eigenvalue weighted by atomic mass is 16.6. The Bertz CT molecular complexity index is 1380. The Hall–Kier alpha value is -4.60. The molecule has 0 aliphatic heterocycles. The molecule has 4 rings (SSSR count). The Kier molecular flexibility index (Phi) is 7.33. The maximum Gasteiger partial charge on any atom is 0.413 e. The van der Waals surface area contributed by atoms with Gasteiger partial charge in [0, 0.05) is 17.5 Å². The molecule has 0 saturated carbocycles. The number of para-hydroxylation sites is 1. The summed E-state index contributed by atoms with van der Waals surface area (Å²) in [4.78, 5) is 51.9. The first-order valence-corrected chi connectivity index (χ1v) is 11.4. The molecule has 0 spiro atoms. The third-order valence-corrected chi connectivity index (χ3v) is 5.67. The highest BCUT2D eigenvalue weighted by Crippen LogP contribution is 2.36. The normalized spacial score (nSPS) is 13.6. The highest BCUT2D eigenvalue weighted by molar-refractivity contribution is 6.07. The van der Waals surface area contributed by atoms with Crippen molar-refractivity contribution in [1.82, 2.24) is 10.3 Å². The van der Waals surface area contributed by atoms with Gasteiger partial charge in [0.15, 0.2) is 6.61 Å². The standard InChI is InChI=1S/C26H23N3O7/c1-2-35-26(32)28-22(30)15-36-25(31)23-19-7-3-4-9-21(19)27-24-17(6-5-8-20(23)24)14-16-10-12-18(13-11-16)29(33)34/h3-4,7,9-14H,2,5-6,8,15H2,1H3,(H,28,30,32)/b17-14+. The third kappa shape index (κ3) is 5.38. The molecule has 1 aromatic heterocycles. The van der Waals surface area contributed by atoms with Crippen molar-refractivity contribution in [2.45, 2.75) is 26.2 Å². The van der Waals surface area contributed by atoms with Crippen LogP contribution in [0.2, 0.25) is 0 Å². The number of esters is 1. The van der Waals surface area contributed by atoms with Crippen LogP contribution in [0.1, 0.15) is 46.9 Å². The number of rotatable bonds is 6. The Morgan fingerprint density at radius 3 is 2.56 bits per heavy atom. The summed E-state index contributed by atoms with van der Waals surface area (Å²) < 4.78 is 9.92. The number of alkyl carbamates (subject to hydrolysis) is 1. The number of non-ortho nitro benzene ring substituents is 1. The van der Waals surface area contributed by atoms with Crippen molar-refractivity contribution in [2.24, 2.45) is 0 Å². The number of nitro benzene ring substituents is 1. The van der Waals surface area contributed by atoms with Gasteiger partial charge in [0.05, 0.1) is 28.3 Å². The van der Waals surface area contributed by atoms with E-state index in [0.717, 1.165) is 17.6 Å². The van der Waals surface area contributed by atoms with Gasteiger partial charge in [-0.05, 0) is 67.2 Å². The lowest BCUT2D eigenvalue weighted by atomic mass is 9.86. The molecule has 0 saturated heterocycles. The van der Waals surface area contributed by atoms with E-state index in [1.54, 1.807) is 37.3 Å². The molecule has 184 valence electrons. The van der Waals surface area contributed by atoms with Crippen molar-refractivity contribution in [2.75, 3.05) is 13.2 Å². The SMILES string of the molecule is CCOC(=O)NC(=O)COC(=O)c1c2c(nc3ccccc13)/C(=C/c1ccc([N+](=O)[O-])cc1)CCC2. The van der Waals surface area contributed by atoms with Crippen LogP contribution in [0, 0.1) is 10.1 Å². The Morgan fingerprint density at radius 2 is 1.83 bits per heavy atom. The zero-order valence-electron chi connectivity index (χ0n) is 19.5. The summed E-state index contributed by atoms with van der Waals surface area (Å²) in [6, 6.07) is 13.4. The molecular formula is C26H23N3O7. The Morgan fingerprint density at radius 1 is 1.08 bits per heavy atom. The van der Waals surface area contributed by atoms with Gasteiger partial charge in [0.1, 0.15) is 0 Å². The van der Waals surface area contributed by atoms with Gasteiger partial charge in [-0.25, -0.2) is 14.6 Å². The lowest BCUT2D eigenvalue weighted by Crippen LogP contribution is -2.34. The first-order chi connectivity index (χ1) is 17.4. The molecular weight excluding hydrogens is 466 g/mol. The molecule has 1 aliphatic carbocycles. The molecule has 1 aliphatic rings. The van der Waals surface area contributed by atoms with Gasteiger partial charge in [-0.3, -0.25) is 20.2 Å². The summed E-state index contributed by atoms with van der Waals surface area (Å²) in [5.74, 6) is -1.49. The molecule has 10 nitrogen and oxygen atoms in total. The maximum atomic E-state index is 13.2. The number of ether oxygens (including phenoxy) is 2. The number of nitrogens with one attached hydrogen (secondary N) is 1. The number of pyridine rings is 1. The quantitative estimate of drug-likeness (QED) is 0.304. The summed E-state index contributed by atoms with van der Waals surface area (Å²) in [6.07, 6.45) is 3.06. The van der Waals surface area contributed by atoms with Crippen molar-refractivity contribution in [3.05, 3.63) is 81.0 Å². The second kappa shape index (κ2) is 10.8. The van der Waals surface area contributed by atoms with Crippen LogP contribution in [-0.4, -0.2) is 41.1 Å². The summed E-state index contributed by atoms with van der Waals surface area (Å²) in [6.45, 7) is 1.06. The fraction of sp³-hybridized carbons (Fsp3) is 0.231. The first kappa shape index (κ1) is 24.5. The molecule has 3 aromatic rings. The van der Waals surface area contributed by atoms with Crippen LogP contribution in [0.15, 0.2) is 48.5 Å². The minimum Gasteiger partial charge on any atom is -0.452 e. The summed E-state index contributed by atoms with van der Waals surface area (Å²) in [5.41, 5.74) is 3.96.